The van der Waals surface area contributed by atoms with Crippen molar-refractivity contribution >= 4 is 40.5 Å². The molecule has 170 valence electrons. The summed E-state index contributed by atoms with van der Waals surface area (Å²) in [5.41, 5.74) is 0.160. The number of terminal acetylenes is 1. The fourth-order valence-electron chi connectivity index (χ4n) is 4.72. The highest BCUT2D eigenvalue weighted by Gasteiger charge is 2.58. The molecule has 2 aromatic carbocycles. The second-order valence-electron chi connectivity index (χ2n) is 7.93. The summed E-state index contributed by atoms with van der Waals surface area (Å²) < 4.78 is 19.6. The summed E-state index contributed by atoms with van der Waals surface area (Å²) in [4.78, 5) is 40.7. The summed E-state index contributed by atoms with van der Waals surface area (Å²) in [7, 11) is 1.51. The van der Waals surface area contributed by atoms with Gasteiger partial charge in [0.1, 0.15) is 21.9 Å². The Kier molecular flexibility index (Phi) is 4.92. The second kappa shape index (κ2) is 7.71. The van der Waals surface area contributed by atoms with Crippen LogP contribution in [-0.2, 0) is 15.0 Å². The van der Waals surface area contributed by atoms with Crippen LogP contribution in [0, 0.1) is 18.2 Å². The first-order valence-corrected chi connectivity index (χ1v) is 11.0. The van der Waals surface area contributed by atoms with E-state index in [2.05, 4.69) is 11.2 Å². The number of nitrogens with zero attached hydrogens (tertiary/aromatic N) is 1. The molecule has 0 aliphatic carbocycles. The molecule has 1 atom stereocenters. The van der Waals surface area contributed by atoms with Crippen molar-refractivity contribution in [1.29, 1.82) is 0 Å². The van der Waals surface area contributed by atoms with Crippen LogP contribution in [0.2, 0.25) is 0 Å². The Labute approximate surface area is 197 Å². The molecule has 3 heterocycles. The smallest absolute Gasteiger partial charge is 0.346 e. The lowest BCUT2D eigenvalue weighted by molar-refractivity contribution is -0.126. The Morgan fingerprint density at radius 2 is 2.03 bits per heavy atom. The number of ether oxygens (including phenoxy) is 1. The number of thiophene rings is 1. The minimum Gasteiger partial charge on any atom is -0.497 e. The van der Waals surface area contributed by atoms with Crippen molar-refractivity contribution in [3.05, 3.63) is 63.6 Å². The number of fused-ring (bicyclic) bond motifs is 4. The molecule has 0 radical (unpaired) electrons. The van der Waals surface area contributed by atoms with Crippen molar-refractivity contribution in [3.63, 3.8) is 0 Å². The monoisotopic (exact) mass is 476 g/mol. The van der Waals surface area contributed by atoms with Crippen LogP contribution in [0.1, 0.15) is 26.5 Å². The number of hydrogen-bond acceptors (Lipinski definition) is 5. The van der Waals surface area contributed by atoms with Gasteiger partial charge in [0.2, 0.25) is 11.8 Å². The first-order valence-electron chi connectivity index (χ1n) is 10.2. The maximum atomic E-state index is 14.4. The first kappa shape index (κ1) is 21.7. The summed E-state index contributed by atoms with van der Waals surface area (Å²) in [5, 5.41) is 12.8. The van der Waals surface area contributed by atoms with Gasteiger partial charge in [0.05, 0.1) is 30.6 Å². The zero-order valence-corrected chi connectivity index (χ0v) is 18.7. The highest BCUT2D eigenvalue weighted by Crippen LogP contribution is 2.57. The van der Waals surface area contributed by atoms with Crippen LogP contribution in [0.4, 0.5) is 15.8 Å². The van der Waals surface area contributed by atoms with Crippen LogP contribution in [-0.4, -0.2) is 36.5 Å². The SMILES string of the molecule is C#CCN1C(=O)[C@@]2(CC(=O)Nc3c2sc(C(=O)O)c3-c2ccc(OC)cc2)c2cc(F)ccc21. The van der Waals surface area contributed by atoms with Gasteiger partial charge < -0.3 is 15.2 Å². The van der Waals surface area contributed by atoms with E-state index >= 15 is 0 Å². The number of methoxy groups -OCH3 is 1. The van der Waals surface area contributed by atoms with Crippen molar-refractivity contribution < 1.29 is 28.6 Å². The van der Waals surface area contributed by atoms with Gasteiger partial charge in [-0.1, -0.05) is 18.1 Å². The summed E-state index contributed by atoms with van der Waals surface area (Å²) in [6.07, 6.45) is 5.19. The molecule has 1 aromatic heterocycles. The van der Waals surface area contributed by atoms with Crippen molar-refractivity contribution in [3.8, 4) is 29.2 Å². The minimum absolute atomic E-state index is 0.0436. The lowest BCUT2D eigenvalue weighted by Gasteiger charge is -2.32. The number of carbonyl (C=O) groups excluding carboxylic acids is 2. The molecule has 0 bridgehead atoms. The molecule has 0 fully saturated rings. The fourth-order valence-corrected chi connectivity index (χ4v) is 6.03. The molecule has 2 N–H and O–H groups in total. The Morgan fingerprint density at radius 3 is 2.68 bits per heavy atom. The first-order chi connectivity index (χ1) is 16.3. The molecular weight excluding hydrogens is 459 g/mol. The number of carboxylic acid groups (broad SMARTS) is 1. The molecule has 0 saturated heterocycles. The van der Waals surface area contributed by atoms with Gasteiger partial charge >= 0.3 is 5.97 Å². The highest BCUT2D eigenvalue weighted by molar-refractivity contribution is 7.15. The van der Waals surface area contributed by atoms with Crippen molar-refractivity contribution in [1.82, 2.24) is 0 Å². The number of anilines is 2. The number of halogens is 1. The normalized spacial score (nSPS) is 18.3. The molecule has 5 rings (SSSR count). The van der Waals surface area contributed by atoms with Gasteiger partial charge in [-0.05, 0) is 35.9 Å². The Bertz CT molecular complexity index is 1420. The van der Waals surface area contributed by atoms with Crippen molar-refractivity contribution in [2.24, 2.45) is 0 Å². The zero-order valence-electron chi connectivity index (χ0n) is 17.8. The van der Waals surface area contributed by atoms with Gasteiger partial charge in [0.15, 0.2) is 0 Å². The number of rotatable bonds is 4. The number of nitrogens with one attached hydrogen (secondary N) is 1. The van der Waals surface area contributed by atoms with Crippen LogP contribution >= 0.6 is 11.3 Å². The summed E-state index contributed by atoms with van der Waals surface area (Å²) in [5.74, 6) is 0.253. The molecule has 2 aliphatic heterocycles. The lowest BCUT2D eigenvalue weighted by Crippen LogP contribution is -2.46. The number of hydrogen-bond donors (Lipinski definition) is 2. The van der Waals surface area contributed by atoms with E-state index < -0.39 is 29.0 Å². The molecule has 2 aliphatic rings. The van der Waals surface area contributed by atoms with Crippen LogP contribution in [0.5, 0.6) is 5.75 Å². The van der Waals surface area contributed by atoms with Crippen LogP contribution in [0.15, 0.2) is 42.5 Å². The predicted molar refractivity (Wildman–Crippen MR) is 125 cm³/mol. The lowest BCUT2D eigenvalue weighted by atomic mass is 9.74. The van der Waals surface area contributed by atoms with E-state index in [1.54, 1.807) is 24.3 Å². The van der Waals surface area contributed by atoms with E-state index in [1.807, 2.05) is 0 Å². The second-order valence-corrected chi connectivity index (χ2v) is 8.95. The number of aromatic carboxylic acids is 1. The Hall–Kier alpha value is -4.16. The molecule has 9 heteroatoms. The van der Waals surface area contributed by atoms with Crippen LogP contribution in [0.3, 0.4) is 0 Å². The third-order valence-corrected chi connectivity index (χ3v) is 7.47. The summed E-state index contributed by atoms with van der Waals surface area (Å²) >= 11 is 0.899. The van der Waals surface area contributed by atoms with Gasteiger partial charge in [0, 0.05) is 16.8 Å². The van der Waals surface area contributed by atoms with E-state index in [0.29, 0.717) is 27.4 Å². The molecular formula is C25H17FN2O5S. The van der Waals surface area contributed by atoms with E-state index in [-0.39, 0.29) is 29.1 Å². The third-order valence-electron chi connectivity index (χ3n) is 6.13. The topological polar surface area (TPSA) is 95.9 Å². The van der Waals surface area contributed by atoms with E-state index in [9.17, 15) is 23.9 Å². The Morgan fingerprint density at radius 1 is 1.29 bits per heavy atom. The van der Waals surface area contributed by atoms with Crippen molar-refractivity contribution in [2.45, 2.75) is 11.8 Å². The third kappa shape index (κ3) is 2.92. The maximum absolute atomic E-state index is 14.4. The molecule has 2 amide bonds. The summed E-state index contributed by atoms with van der Waals surface area (Å²) in [6.45, 7) is -0.0708. The number of carbonyl (C=O) groups is 3. The molecule has 1 spiro atoms. The average molecular weight is 476 g/mol. The van der Waals surface area contributed by atoms with Crippen LogP contribution in [0.25, 0.3) is 11.1 Å². The molecule has 0 saturated carbocycles. The number of amides is 2. The largest absolute Gasteiger partial charge is 0.497 e. The Balaban J connectivity index is 1.83. The van der Waals surface area contributed by atoms with E-state index in [0.717, 1.165) is 11.3 Å². The minimum atomic E-state index is -1.58. The number of carboxylic acids is 1. The standard InChI is InChI=1S/C25H17FN2O5S/c1-3-10-28-17-9-6-14(26)11-16(17)25(24(28)32)12-18(29)27-20-19(21(23(30)31)34-22(20)25)13-4-7-15(33-2)8-5-13/h1,4-9,11H,10,12H2,2H3,(H,27,29)(H,30,31)/t25-/m0/s1. The van der Waals surface area contributed by atoms with Gasteiger partial charge in [-0.2, -0.15) is 0 Å². The molecule has 3 aromatic rings. The van der Waals surface area contributed by atoms with Crippen molar-refractivity contribution in [2.75, 3.05) is 23.9 Å². The van der Waals surface area contributed by atoms with Gasteiger partial charge in [-0.3, -0.25) is 14.5 Å². The number of benzene rings is 2. The van der Waals surface area contributed by atoms with Gasteiger partial charge in [-0.15, -0.1) is 17.8 Å². The highest BCUT2D eigenvalue weighted by atomic mass is 32.1. The van der Waals surface area contributed by atoms with Crippen LogP contribution < -0.4 is 15.0 Å². The zero-order chi connectivity index (χ0) is 24.2. The maximum Gasteiger partial charge on any atom is 0.346 e. The van der Waals surface area contributed by atoms with E-state index in [4.69, 9.17) is 11.2 Å². The molecule has 34 heavy (non-hydrogen) atoms. The summed E-state index contributed by atoms with van der Waals surface area (Å²) in [6, 6.07) is 10.6. The fraction of sp³-hybridized carbons (Fsp3) is 0.160. The average Bonchev–Trinajstić information content (AvgIpc) is 3.30. The van der Waals surface area contributed by atoms with Gasteiger partial charge in [-0.25, -0.2) is 9.18 Å². The molecule has 0 unspecified atom stereocenters. The van der Waals surface area contributed by atoms with Gasteiger partial charge in [0.25, 0.3) is 0 Å². The quantitative estimate of drug-likeness (QED) is 0.558. The molecule has 7 nitrogen and oxygen atoms in total. The van der Waals surface area contributed by atoms with E-state index in [1.165, 1.54) is 30.2 Å². The predicted octanol–water partition coefficient (Wildman–Crippen LogP) is 3.87.